The Labute approximate surface area is 85.4 Å². The minimum absolute atomic E-state index is 0.415. The van der Waals surface area contributed by atoms with E-state index in [1.165, 1.54) is 31.2 Å². The lowest BCUT2D eigenvalue weighted by atomic mass is 10.1. The molecule has 0 fully saturated rings. The van der Waals surface area contributed by atoms with E-state index < -0.39 is 0 Å². The Kier molecular flexibility index (Phi) is 4.90. The lowest BCUT2D eigenvalue weighted by Crippen LogP contribution is -1.91. The Bertz CT molecular complexity index is 283. The van der Waals surface area contributed by atoms with Crippen molar-refractivity contribution >= 4 is 6.29 Å². The normalized spacial score (nSPS) is 10.1. The molecule has 0 aliphatic carbocycles. The fourth-order valence-corrected chi connectivity index (χ4v) is 1.44. The standard InChI is InChI=1S/C12H16NO/c1-2-3-4-5-6-11-7-8-13-12(9-11)10-14/h7-9H,2-6H2,1H3. The van der Waals surface area contributed by atoms with Crippen molar-refractivity contribution in [2.75, 3.05) is 0 Å². The minimum atomic E-state index is 0.415. The molecule has 1 aromatic heterocycles. The Hall–Kier alpha value is -1.18. The number of carbonyl (C=O) groups excluding carboxylic acids is 1. The molecule has 0 saturated heterocycles. The summed E-state index contributed by atoms with van der Waals surface area (Å²) in [5, 5.41) is 0. The summed E-state index contributed by atoms with van der Waals surface area (Å²) in [6.45, 7) is 2.20. The fraction of sp³-hybridized carbons (Fsp3) is 0.500. The van der Waals surface area contributed by atoms with Crippen LogP contribution >= 0.6 is 0 Å². The highest BCUT2D eigenvalue weighted by atomic mass is 16.1. The Morgan fingerprint density at radius 2 is 2.21 bits per heavy atom. The summed E-state index contributed by atoms with van der Waals surface area (Å²) < 4.78 is 0. The van der Waals surface area contributed by atoms with Gasteiger partial charge in [0.15, 0.2) is 0 Å². The molecular formula is C12H16NO. The first-order chi connectivity index (χ1) is 6.86. The Balaban J connectivity index is 2.38. The van der Waals surface area contributed by atoms with Gasteiger partial charge in [-0.2, -0.15) is 0 Å². The zero-order valence-corrected chi connectivity index (χ0v) is 8.62. The van der Waals surface area contributed by atoms with E-state index in [0.29, 0.717) is 5.69 Å². The smallest absolute Gasteiger partial charge is 0.253 e. The van der Waals surface area contributed by atoms with Gasteiger partial charge in [-0.1, -0.05) is 26.2 Å². The van der Waals surface area contributed by atoms with Gasteiger partial charge in [-0.25, -0.2) is 0 Å². The number of hydrogen-bond donors (Lipinski definition) is 0. The van der Waals surface area contributed by atoms with E-state index in [0.717, 1.165) is 6.42 Å². The van der Waals surface area contributed by atoms with E-state index in [1.807, 2.05) is 18.4 Å². The first-order valence-corrected chi connectivity index (χ1v) is 5.20. The molecule has 0 N–H and O–H groups in total. The molecule has 2 nitrogen and oxygen atoms in total. The number of pyridine rings is 1. The maximum atomic E-state index is 10.3. The third-order valence-corrected chi connectivity index (χ3v) is 2.25. The highest BCUT2D eigenvalue weighted by Crippen LogP contribution is 2.07. The molecule has 1 radical (unpaired) electrons. The second-order valence-electron chi connectivity index (χ2n) is 3.46. The topological polar surface area (TPSA) is 30.0 Å². The molecule has 0 aromatic carbocycles. The van der Waals surface area contributed by atoms with E-state index in [2.05, 4.69) is 11.9 Å². The molecule has 1 aromatic rings. The predicted octanol–water partition coefficient (Wildman–Crippen LogP) is 2.66. The van der Waals surface area contributed by atoms with Crippen molar-refractivity contribution < 1.29 is 4.79 Å². The molecule has 1 heterocycles. The summed E-state index contributed by atoms with van der Waals surface area (Å²) in [6.07, 6.45) is 9.52. The number of nitrogens with zero attached hydrogens (tertiary/aromatic N) is 1. The van der Waals surface area contributed by atoms with Gasteiger partial charge in [0, 0.05) is 6.20 Å². The van der Waals surface area contributed by atoms with Crippen molar-refractivity contribution in [3.63, 3.8) is 0 Å². The lowest BCUT2D eigenvalue weighted by molar-refractivity contribution is 0.561. The van der Waals surface area contributed by atoms with Crippen molar-refractivity contribution in [1.82, 2.24) is 4.98 Å². The highest BCUT2D eigenvalue weighted by Gasteiger charge is 1.96. The molecule has 0 unspecified atom stereocenters. The molecule has 75 valence electrons. The predicted molar refractivity (Wildman–Crippen MR) is 56.9 cm³/mol. The van der Waals surface area contributed by atoms with E-state index in [9.17, 15) is 4.79 Å². The summed E-state index contributed by atoms with van der Waals surface area (Å²) >= 11 is 0. The fourth-order valence-electron chi connectivity index (χ4n) is 1.44. The summed E-state index contributed by atoms with van der Waals surface area (Å²) in [7, 11) is 0. The van der Waals surface area contributed by atoms with E-state index in [1.54, 1.807) is 6.20 Å². The van der Waals surface area contributed by atoms with Gasteiger partial charge in [0.25, 0.3) is 6.29 Å². The van der Waals surface area contributed by atoms with Crippen LogP contribution in [0.2, 0.25) is 0 Å². The van der Waals surface area contributed by atoms with Gasteiger partial charge in [0.2, 0.25) is 0 Å². The van der Waals surface area contributed by atoms with Gasteiger partial charge in [-0.05, 0) is 30.5 Å². The van der Waals surface area contributed by atoms with Gasteiger partial charge in [-0.15, -0.1) is 0 Å². The van der Waals surface area contributed by atoms with Gasteiger partial charge in [0.05, 0.1) is 0 Å². The van der Waals surface area contributed by atoms with Crippen molar-refractivity contribution in [3.8, 4) is 0 Å². The number of rotatable bonds is 6. The molecule has 0 aliphatic heterocycles. The number of hydrogen-bond acceptors (Lipinski definition) is 2. The summed E-state index contributed by atoms with van der Waals surface area (Å²) in [5.41, 5.74) is 1.60. The van der Waals surface area contributed by atoms with Crippen LogP contribution in [0.25, 0.3) is 0 Å². The zero-order chi connectivity index (χ0) is 10.2. The number of aromatic nitrogens is 1. The molecule has 0 spiro atoms. The summed E-state index contributed by atoms with van der Waals surface area (Å²) in [6, 6.07) is 3.78. The average molecular weight is 190 g/mol. The van der Waals surface area contributed by atoms with Crippen LogP contribution in [0.5, 0.6) is 0 Å². The van der Waals surface area contributed by atoms with Crippen molar-refractivity contribution in [1.29, 1.82) is 0 Å². The summed E-state index contributed by atoms with van der Waals surface area (Å²) in [5.74, 6) is 0. The quantitative estimate of drug-likeness (QED) is 0.645. The third kappa shape index (κ3) is 3.69. The second-order valence-corrected chi connectivity index (χ2v) is 3.46. The average Bonchev–Trinajstić information content (AvgIpc) is 2.25. The van der Waals surface area contributed by atoms with Crippen LogP contribution in [0.4, 0.5) is 0 Å². The van der Waals surface area contributed by atoms with Gasteiger partial charge in [-0.3, -0.25) is 9.78 Å². The monoisotopic (exact) mass is 190 g/mol. The second kappa shape index (κ2) is 6.30. The Morgan fingerprint density at radius 3 is 2.93 bits per heavy atom. The largest absolute Gasteiger partial charge is 0.283 e. The number of unbranched alkanes of at least 4 members (excludes halogenated alkanes) is 3. The van der Waals surface area contributed by atoms with Crippen molar-refractivity contribution in [3.05, 3.63) is 29.6 Å². The van der Waals surface area contributed by atoms with Crippen molar-refractivity contribution in [2.24, 2.45) is 0 Å². The van der Waals surface area contributed by atoms with Crippen LogP contribution in [0.3, 0.4) is 0 Å². The van der Waals surface area contributed by atoms with Gasteiger partial charge < -0.3 is 0 Å². The van der Waals surface area contributed by atoms with Crippen LogP contribution < -0.4 is 0 Å². The van der Waals surface area contributed by atoms with Crippen LogP contribution in [-0.4, -0.2) is 11.3 Å². The summed E-state index contributed by atoms with van der Waals surface area (Å²) in [4.78, 5) is 14.2. The minimum Gasteiger partial charge on any atom is -0.283 e. The molecule has 14 heavy (non-hydrogen) atoms. The third-order valence-electron chi connectivity index (χ3n) is 2.25. The van der Waals surface area contributed by atoms with Crippen LogP contribution in [-0.2, 0) is 11.2 Å². The first-order valence-electron chi connectivity index (χ1n) is 5.20. The molecule has 0 amide bonds. The van der Waals surface area contributed by atoms with Crippen LogP contribution in [0.15, 0.2) is 18.3 Å². The molecular weight excluding hydrogens is 174 g/mol. The maximum absolute atomic E-state index is 10.3. The molecule has 0 bridgehead atoms. The Morgan fingerprint density at radius 1 is 1.36 bits per heavy atom. The molecule has 2 heteroatoms. The molecule has 0 aliphatic rings. The number of aryl methyl sites for hydroxylation is 1. The van der Waals surface area contributed by atoms with Crippen LogP contribution in [0, 0.1) is 0 Å². The van der Waals surface area contributed by atoms with Gasteiger partial charge >= 0.3 is 0 Å². The highest BCUT2D eigenvalue weighted by molar-refractivity contribution is 5.72. The SMILES string of the molecule is CCCCCCc1ccnc([C]=O)c1. The van der Waals surface area contributed by atoms with Crippen LogP contribution in [0.1, 0.15) is 43.9 Å². The first kappa shape index (κ1) is 10.9. The lowest BCUT2D eigenvalue weighted by Gasteiger charge is -2.00. The van der Waals surface area contributed by atoms with E-state index in [-0.39, 0.29) is 0 Å². The zero-order valence-electron chi connectivity index (χ0n) is 8.62. The maximum Gasteiger partial charge on any atom is 0.253 e. The molecule has 1 rings (SSSR count). The molecule has 0 saturated carbocycles. The molecule has 0 atom stereocenters. The van der Waals surface area contributed by atoms with E-state index in [4.69, 9.17) is 0 Å². The van der Waals surface area contributed by atoms with Crippen molar-refractivity contribution in [2.45, 2.75) is 39.0 Å². The van der Waals surface area contributed by atoms with E-state index >= 15 is 0 Å². The van der Waals surface area contributed by atoms with Gasteiger partial charge in [0.1, 0.15) is 5.69 Å².